The van der Waals surface area contributed by atoms with E-state index in [1.165, 1.54) is 0 Å². The fourth-order valence-electron chi connectivity index (χ4n) is 3.39. The summed E-state index contributed by atoms with van der Waals surface area (Å²) in [6.45, 7) is 1.90. The van der Waals surface area contributed by atoms with E-state index in [9.17, 15) is 0 Å². The molecule has 152 valence electrons. The number of nitrogens with zero attached hydrogens (tertiary/aromatic N) is 6. The Morgan fingerprint density at radius 2 is 1.74 bits per heavy atom. The van der Waals surface area contributed by atoms with Crippen molar-refractivity contribution in [3.8, 4) is 28.5 Å². The number of aromatic nitrogens is 6. The number of nitrogen functional groups attached to an aromatic ring is 1. The summed E-state index contributed by atoms with van der Waals surface area (Å²) >= 11 is 5.98. The fraction of sp³-hybridized carbons (Fsp3) is 0.0870. The molecule has 0 fully saturated rings. The van der Waals surface area contributed by atoms with Crippen LogP contribution in [0, 0.1) is 6.92 Å². The third kappa shape index (κ3) is 3.49. The highest BCUT2D eigenvalue weighted by Crippen LogP contribution is 2.31. The van der Waals surface area contributed by atoms with E-state index in [2.05, 4.69) is 15.0 Å². The highest BCUT2D eigenvalue weighted by molar-refractivity contribution is 6.17. The van der Waals surface area contributed by atoms with E-state index >= 15 is 0 Å². The van der Waals surface area contributed by atoms with Crippen LogP contribution in [0.5, 0.6) is 0 Å². The van der Waals surface area contributed by atoms with Gasteiger partial charge in [-0.25, -0.2) is 15.0 Å². The lowest BCUT2D eigenvalue weighted by Gasteiger charge is -2.11. The maximum atomic E-state index is 6.18. The molecule has 5 rings (SSSR count). The number of imidazole rings is 1. The molecule has 0 unspecified atom stereocenters. The summed E-state index contributed by atoms with van der Waals surface area (Å²) in [5.74, 6) is 1.52. The molecule has 7 nitrogen and oxygen atoms in total. The smallest absolute Gasteiger partial charge is 0.165 e. The summed E-state index contributed by atoms with van der Waals surface area (Å²) in [6.07, 6.45) is 5.11. The lowest BCUT2D eigenvalue weighted by Crippen LogP contribution is -2.02. The van der Waals surface area contributed by atoms with Crippen LogP contribution < -0.4 is 5.73 Å². The maximum Gasteiger partial charge on any atom is 0.165 e. The molecule has 0 aliphatic heterocycles. The SMILES string of the molecule is Cc1cnc(-c2ccc3nc(-c4cccnc4N)n(-c4ccc(CCl)cc4)c3n2)cn1. The number of aryl methyl sites for hydroxylation is 1. The molecule has 0 aliphatic rings. The summed E-state index contributed by atoms with van der Waals surface area (Å²) < 4.78 is 1.98. The zero-order valence-electron chi connectivity index (χ0n) is 16.7. The van der Waals surface area contributed by atoms with Gasteiger partial charge in [0.25, 0.3) is 0 Å². The Labute approximate surface area is 183 Å². The minimum Gasteiger partial charge on any atom is -0.383 e. The third-order valence-electron chi connectivity index (χ3n) is 4.98. The fourth-order valence-corrected chi connectivity index (χ4v) is 3.57. The topological polar surface area (TPSA) is 95.4 Å². The number of alkyl halides is 1. The number of anilines is 1. The van der Waals surface area contributed by atoms with E-state index < -0.39 is 0 Å². The van der Waals surface area contributed by atoms with Crippen molar-refractivity contribution in [3.05, 3.63) is 78.4 Å². The van der Waals surface area contributed by atoms with Crippen LogP contribution in [0.25, 0.3) is 39.6 Å². The van der Waals surface area contributed by atoms with Crippen molar-refractivity contribution in [2.45, 2.75) is 12.8 Å². The van der Waals surface area contributed by atoms with E-state index in [0.29, 0.717) is 34.6 Å². The molecule has 0 bridgehead atoms. The van der Waals surface area contributed by atoms with E-state index in [1.54, 1.807) is 18.6 Å². The second-order valence-electron chi connectivity index (χ2n) is 7.09. The molecule has 0 saturated heterocycles. The lowest BCUT2D eigenvalue weighted by atomic mass is 10.2. The summed E-state index contributed by atoms with van der Waals surface area (Å²) in [6, 6.07) is 15.5. The van der Waals surface area contributed by atoms with Crippen molar-refractivity contribution in [1.82, 2.24) is 29.5 Å². The molecule has 0 saturated carbocycles. The molecule has 31 heavy (non-hydrogen) atoms. The number of pyridine rings is 2. The minimum absolute atomic E-state index is 0.404. The largest absolute Gasteiger partial charge is 0.383 e. The van der Waals surface area contributed by atoms with Gasteiger partial charge in [-0.2, -0.15) is 0 Å². The van der Waals surface area contributed by atoms with Gasteiger partial charge in [-0.15, -0.1) is 11.6 Å². The highest BCUT2D eigenvalue weighted by Gasteiger charge is 2.18. The average Bonchev–Trinajstić information content (AvgIpc) is 3.18. The quantitative estimate of drug-likeness (QED) is 0.422. The molecule has 0 radical (unpaired) electrons. The highest BCUT2D eigenvalue weighted by atomic mass is 35.5. The predicted octanol–water partition coefficient (Wildman–Crippen LogP) is 4.57. The molecule has 0 amide bonds. The van der Waals surface area contributed by atoms with Gasteiger partial charge in [-0.1, -0.05) is 12.1 Å². The second-order valence-corrected chi connectivity index (χ2v) is 7.36. The van der Waals surface area contributed by atoms with Crippen LogP contribution in [0.4, 0.5) is 5.82 Å². The van der Waals surface area contributed by atoms with Gasteiger partial charge in [-0.3, -0.25) is 14.5 Å². The Morgan fingerprint density at radius 3 is 2.45 bits per heavy atom. The van der Waals surface area contributed by atoms with Gasteiger partial charge in [0.05, 0.1) is 23.1 Å². The van der Waals surface area contributed by atoms with Crippen LogP contribution in [0.1, 0.15) is 11.3 Å². The molecule has 5 aromatic rings. The Balaban J connectivity index is 1.77. The van der Waals surface area contributed by atoms with Crippen molar-refractivity contribution >= 4 is 28.6 Å². The first-order valence-electron chi connectivity index (χ1n) is 9.68. The Kier molecular flexibility index (Phi) is 4.80. The summed E-state index contributed by atoms with van der Waals surface area (Å²) in [5.41, 5.74) is 12.5. The third-order valence-corrected chi connectivity index (χ3v) is 5.28. The number of rotatable bonds is 4. The Morgan fingerprint density at radius 1 is 0.903 bits per heavy atom. The first kappa shape index (κ1) is 19.1. The van der Waals surface area contributed by atoms with Gasteiger partial charge < -0.3 is 5.73 Å². The van der Waals surface area contributed by atoms with Crippen molar-refractivity contribution < 1.29 is 0 Å². The van der Waals surface area contributed by atoms with Gasteiger partial charge in [0.2, 0.25) is 0 Å². The maximum absolute atomic E-state index is 6.18. The molecular weight excluding hydrogens is 410 g/mol. The van der Waals surface area contributed by atoms with E-state index in [-0.39, 0.29) is 0 Å². The molecule has 0 aliphatic carbocycles. The van der Waals surface area contributed by atoms with Gasteiger partial charge in [-0.05, 0) is 48.9 Å². The van der Waals surface area contributed by atoms with Crippen LogP contribution in [0.3, 0.4) is 0 Å². The number of benzene rings is 1. The zero-order chi connectivity index (χ0) is 21.4. The van der Waals surface area contributed by atoms with Crippen LogP contribution in [0.2, 0.25) is 0 Å². The van der Waals surface area contributed by atoms with Gasteiger partial charge >= 0.3 is 0 Å². The van der Waals surface area contributed by atoms with E-state index in [0.717, 1.165) is 28.0 Å². The second kappa shape index (κ2) is 7.77. The van der Waals surface area contributed by atoms with E-state index in [1.807, 2.05) is 60.0 Å². The molecule has 4 heterocycles. The van der Waals surface area contributed by atoms with Crippen molar-refractivity contribution in [1.29, 1.82) is 0 Å². The average molecular weight is 428 g/mol. The molecule has 8 heteroatoms. The zero-order valence-corrected chi connectivity index (χ0v) is 17.5. The van der Waals surface area contributed by atoms with Crippen LogP contribution in [0.15, 0.2) is 67.1 Å². The van der Waals surface area contributed by atoms with Crippen LogP contribution in [-0.2, 0) is 5.88 Å². The number of fused-ring (bicyclic) bond motifs is 1. The van der Waals surface area contributed by atoms with Crippen LogP contribution >= 0.6 is 11.6 Å². The van der Waals surface area contributed by atoms with Crippen LogP contribution in [-0.4, -0.2) is 29.5 Å². The Hall–Kier alpha value is -3.84. The number of hydrogen-bond donors (Lipinski definition) is 1. The molecular formula is C23H18ClN7. The number of halogens is 1. The van der Waals surface area contributed by atoms with Crippen molar-refractivity contribution in [2.75, 3.05) is 5.73 Å². The van der Waals surface area contributed by atoms with Gasteiger partial charge in [0, 0.05) is 24.0 Å². The van der Waals surface area contributed by atoms with E-state index in [4.69, 9.17) is 27.3 Å². The standard InChI is InChI=1S/C23H18ClN7/c1-14-12-28-20(13-27-14)18-8-9-19-23(29-18)31(16-6-4-15(11-24)5-7-16)22(30-19)17-3-2-10-26-21(17)25/h2-10,12-13H,11H2,1H3,(H2,25,26). The molecule has 4 aromatic heterocycles. The first-order chi connectivity index (χ1) is 15.1. The Bertz CT molecular complexity index is 1380. The summed E-state index contributed by atoms with van der Waals surface area (Å²) in [7, 11) is 0. The molecule has 0 spiro atoms. The first-order valence-corrected chi connectivity index (χ1v) is 10.2. The predicted molar refractivity (Wildman–Crippen MR) is 122 cm³/mol. The van der Waals surface area contributed by atoms with Crippen molar-refractivity contribution in [2.24, 2.45) is 0 Å². The monoisotopic (exact) mass is 427 g/mol. The van der Waals surface area contributed by atoms with Gasteiger partial charge in [0.15, 0.2) is 11.5 Å². The summed E-state index contributed by atoms with van der Waals surface area (Å²) in [5, 5.41) is 0. The molecule has 2 N–H and O–H groups in total. The van der Waals surface area contributed by atoms with Gasteiger partial charge in [0.1, 0.15) is 17.0 Å². The van der Waals surface area contributed by atoms with Crippen molar-refractivity contribution in [3.63, 3.8) is 0 Å². The molecule has 0 atom stereocenters. The number of nitrogens with two attached hydrogens (primary N) is 1. The summed E-state index contributed by atoms with van der Waals surface area (Å²) in [4.78, 5) is 22.7. The molecule has 1 aromatic carbocycles. The lowest BCUT2D eigenvalue weighted by molar-refractivity contribution is 1.07. The minimum atomic E-state index is 0.404. The normalized spacial score (nSPS) is 11.2. The number of hydrogen-bond acceptors (Lipinski definition) is 6.